The summed E-state index contributed by atoms with van der Waals surface area (Å²) in [5.41, 5.74) is 3.75. The molecule has 1 aliphatic rings. The van der Waals surface area contributed by atoms with E-state index >= 15 is 0 Å². The van der Waals surface area contributed by atoms with E-state index < -0.39 is 20.5 Å². The Balaban J connectivity index is 1.70. The number of rotatable bonds is 6. The Labute approximate surface area is 178 Å². The van der Waals surface area contributed by atoms with Gasteiger partial charge in [-0.15, -0.1) is 0 Å². The summed E-state index contributed by atoms with van der Waals surface area (Å²) in [4.78, 5) is 10.5. The molecule has 0 radical (unpaired) electrons. The highest BCUT2D eigenvalue weighted by molar-refractivity contribution is 7.91. The highest BCUT2D eigenvalue weighted by Gasteiger charge is 2.31. The Kier molecular flexibility index (Phi) is 5.65. The summed E-state index contributed by atoms with van der Waals surface area (Å²) in [6.45, 7) is 0. The summed E-state index contributed by atoms with van der Waals surface area (Å²) in [5.74, 6) is -3.46. The average Bonchev–Trinajstić information content (AvgIpc) is 3.25. The molecule has 31 heavy (non-hydrogen) atoms. The van der Waals surface area contributed by atoms with Crippen LogP contribution in [0.4, 0.5) is 14.5 Å². The van der Waals surface area contributed by atoms with Crippen LogP contribution in [0.2, 0.25) is 0 Å². The smallest absolute Gasteiger partial charge is 0.298 e. The zero-order valence-electron chi connectivity index (χ0n) is 16.2. The molecule has 1 aliphatic heterocycles. The molecule has 1 unspecified atom stereocenters. The number of nitrogens with zero attached hydrogens (tertiary/aromatic N) is 2. The molecule has 0 fully saturated rings. The first-order valence-electron chi connectivity index (χ1n) is 9.49. The lowest BCUT2D eigenvalue weighted by Crippen LogP contribution is -2.18. The third kappa shape index (κ3) is 4.11. The van der Waals surface area contributed by atoms with E-state index in [1.54, 1.807) is 12.1 Å². The number of carbonyl (C=O) groups excluding carboxylic acids is 1. The van der Waals surface area contributed by atoms with Gasteiger partial charge in [0.05, 0.1) is 22.3 Å². The lowest BCUT2D eigenvalue weighted by molar-refractivity contribution is 0.112. The fourth-order valence-corrected chi connectivity index (χ4v) is 4.22. The fourth-order valence-electron chi connectivity index (χ4n) is 3.50. The molecule has 5 nitrogen and oxygen atoms in total. The van der Waals surface area contributed by atoms with Crippen LogP contribution in [0.5, 0.6) is 0 Å². The summed E-state index contributed by atoms with van der Waals surface area (Å²) >= 11 is 0. The summed E-state index contributed by atoms with van der Waals surface area (Å²) in [6, 6.07) is 22.1. The molecule has 3 aromatic rings. The molecule has 3 aromatic carbocycles. The van der Waals surface area contributed by atoms with Crippen molar-refractivity contribution in [1.82, 2.24) is 0 Å². The van der Waals surface area contributed by atoms with Gasteiger partial charge in [0, 0.05) is 12.0 Å². The molecular formula is C23H18F2N2O3S. The summed E-state index contributed by atoms with van der Waals surface area (Å²) in [6.07, 6.45) is 1.31. The number of hydrogen-bond acceptors (Lipinski definition) is 5. The molecule has 0 aromatic heterocycles. The van der Waals surface area contributed by atoms with Gasteiger partial charge in [-0.3, -0.25) is 9.80 Å². The van der Waals surface area contributed by atoms with E-state index in [2.05, 4.69) is 0 Å². The summed E-state index contributed by atoms with van der Waals surface area (Å²) < 4.78 is 48.9. The van der Waals surface area contributed by atoms with Crippen molar-refractivity contribution in [1.29, 1.82) is 0 Å². The first-order valence-corrected chi connectivity index (χ1v) is 11.0. The van der Waals surface area contributed by atoms with Crippen LogP contribution < -0.4 is 5.01 Å². The number of carbonyl (C=O) groups is 1. The Morgan fingerprint density at radius 1 is 0.935 bits per heavy atom. The molecule has 8 heteroatoms. The van der Waals surface area contributed by atoms with Gasteiger partial charge in [-0.1, -0.05) is 42.5 Å². The predicted octanol–water partition coefficient (Wildman–Crippen LogP) is 4.85. The van der Waals surface area contributed by atoms with Crippen molar-refractivity contribution in [2.24, 2.45) is 5.10 Å². The third-order valence-electron chi connectivity index (χ3n) is 5.14. The maximum Gasteiger partial charge on any atom is 0.341 e. The second-order valence-electron chi connectivity index (χ2n) is 7.06. The van der Waals surface area contributed by atoms with E-state index in [-0.39, 0.29) is 6.04 Å². The molecule has 0 saturated heterocycles. The van der Waals surface area contributed by atoms with Crippen molar-refractivity contribution < 1.29 is 22.0 Å². The van der Waals surface area contributed by atoms with E-state index in [0.29, 0.717) is 23.3 Å². The first-order chi connectivity index (χ1) is 14.9. The van der Waals surface area contributed by atoms with Crippen LogP contribution in [-0.2, 0) is 9.84 Å². The predicted molar refractivity (Wildman–Crippen MR) is 114 cm³/mol. The lowest BCUT2D eigenvalue weighted by Gasteiger charge is -2.24. The molecule has 0 saturated carbocycles. The van der Waals surface area contributed by atoms with Crippen LogP contribution in [0.25, 0.3) is 0 Å². The zero-order chi connectivity index (χ0) is 22.0. The second-order valence-corrected chi connectivity index (χ2v) is 8.98. The van der Waals surface area contributed by atoms with E-state index in [4.69, 9.17) is 5.10 Å². The van der Waals surface area contributed by atoms with Gasteiger partial charge in [0.15, 0.2) is 0 Å². The summed E-state index contributed by atoms with van der Waals surface area (Å²) in [5, 5.41) is 6.58. The van der Waals surface area contributed by atoms with Gasteiger partial charge in [0.2, 0.25) is 9.84 Å². The van der Waals surface area contributed by atoms with Crippen molar-refractivity contribution >= 4 is 27.5 Å². The van der Waals surface area contributed by atoms with Crippen molar-refractivity contribution in [2.45, 2.75) is 23.1 Å². The van der Waals surface area contributed by atoms with Crippen molar-refractivity contribution in [3.63, 3.8) is 0 Å². The SMILES string of the molecule is O=Cc1ccc(N2N=C(c3ccc(S(=O)(=O)C(F)F)cc3)CC2c2ccccc2)cc1. The largest absolute Gasteiger partial charge is 0.341 e. The number of anilines is 1. The Hall–Kier alpha value is -3.39. The standard InChI is InChI=1S/C23H18F2N2O3S/c24-23(25)31(29,30)20-12-8-17(9-13-20)21-14-22(18-4-2-1-3-5-18)27(26-21)19-10-6-16(15-28)7-11-19/h1-13,15,22-23H,14H2. The minimum absolute atomic E-state index is 0.109. The normalized spacial score (nSPS) is 16.4. The minimum Gasteiger partial charge on any atom is -0.298 e. The number of aldehydes is 1. The van der Waals surface area contributed by atoms with Gasteiger partial charge in [0.1, 0.15) is 6.29 Å². The van der Waals surface area contributed by atoms with E-state index in [9.17, 15) is 22.0 Å². The van der Waals surface area contributed by atoms with Crippen LogP contribution in [-0.4, -0.2) is 26.2 Å². The van der Waals surface area contributed by atoms with E-state index in [1.807, 2.05) is 47.5 Å². The van der Waals surface area contributed by atoms with Gasteiger partial charge in [-0.2, -0.15) is 13.9 Å². The quantitative estimate of drug-likeness (QED) is 0.514. The second kappa shape index (κ2) is 8.39. The van der Waals surface area contributed by atoms with Gasteiger partial charge in [-0.05, 0) is 47.5 Å². The molecule has 1 heterocycles. The maximum atomic E-state index is 12.8. The average molecular weight is 440 g/mol. The fraction of sp³-hybridized carbons (Fsp3) is 0.130. The van der Waals surface area contributed by atoms with Crippen molar-refractivity contribution in [3.05, 3.63) is 95.6 Å². The Bertz CT molecular complexity index is 1210. The van der Waals surface area contributed by atoms with Gasteiger partial charge >= 0.3 is 5.76 Å². The van der Waals surface area contributed by atoms with Gasteiger partial charge < -0.3 is 0 Å². The number of hydrazone groups is 1. The molecule has 0 bridgehead atoms. The molecule has 1 atom stereocenters. The van der Waals surface area contributed by atoms with Crippen LogP contribution in [0.3, 0.4) is 0 Å². The van der Waals surface area contributed by atoms with Crippen LogP contribution in [0.1, 0.15) is 33.9 Å². The Morgan fingerprint density at radius 2 is 1.58 bits per heavy atom. The monoisotopic (exact) mass is 440 g/mol. The van der Waals surface area contributed by atoms with Crippen molar-refractivity contribution in [2.75, 3.05) is 5.01 Å². The topological polar surface area (TPSA) is 66.8 Å². The summed E-state index contributed by atoms with van der Waals surface area (Å²) in [7, 11) is -4.64. The highest BCUT2D eigenvalue weighted by atomic mass is 32.2. The highest BCUT2D eigenvalue weighted by Crippen LogP contribution is 2.36. The molecule has 0 aliphatic carbocycles. The van der Waals surface area contributed by atoms with Crippen LogP contribution >= 0.6 is 0 Å². The van der Waals surface area contributed by atoms with Crippen LogP contribution in [0.15, 0.2) is 88.9 Å². The molecule has 0 N–H and O–H groups in total. The molecule has 4 rings (SSSR count). The lowest BCUT2D eigenvalue weighted by atomic mass is 9.98. The molecule has 158 valence electrons. The molecule has 0 amide bonds. The molecule has 0 spiro atoms. The van der Waals surface area contributed by atoms with Gasteiger partial charge in [-0.25, -0.2) is 8.42 Å². The zero-order valence-corrected chi connectivity index (χ0v) is 17.0. The van der Waals surface area contributed by atoms with E-state index in [0.717, 1.165) is 17.5 Å². The van der Waals surface area contributed by atoms with Crippen LogP contribution in [0, 0.1) is 0 Å². The third-order valence-corrected chi connectivity index (χ3v) is 6.54. The maximum absolute atomic E-state index is 12.8. The number of sulfone groups is 1. The minimum atomic E-state index is -4.64. The number of benzene rings is 3. The van der Waals surface area contributed by atoms with Gasteiger partial charge in [0.25, 0.3) is 0 Å². The van der Waals surface area contributed by atoms with Crippen molar-refractivity contribution in [3.8, 4) is 0 Å². The molecular weight excluding hydrogens is 422 g/mol. The number of alkyl halides is 2. The van der Waals surface area contributed by atoms with E-state index in [1.165, 1.54) is 24.3 Å². The Morgan fingerprint density at radius 3 is 2.16 bits per heavy atom. The first kappa shape index (κ1) is 20.9. The number of halogens is 2. The number of hydrogen-bond donors (Lipinski definition) is 0.